The number of hydrogen-bond acceptors (Lipinski definition) is 1. The van der Waals surface area contributed by atoms with E-state index in [2.05, 4.69) is 6.92 Å². The summed E-state index contributed by atoms with van der Waals surface area (Å²) in [4.78, 5) is 0. The molecule has 0 spiro atoms. The number of hydrogen-bond donors (Lipinski definition) is 1. The molecule has 1 fully saturated rings. The molecule has 2 heteroatoms. The zero-order valence-corrected chi connectivity index (χ0v) is 12.4. The Kier molecular flexibility index (Phi) is 4.62. The van der Waals surface area contributed by atoms with E-state index >= 15 is 0 Å². The van der Waals surface area contributed by atoms with Gasteiger partial charge in [0.2, 0.25) is 0 Å². The minimum atomic E-state index is -0.144. The molecular formula is C17H26FN. The summed E-state index contributed by atoms with van der Waals surface area (Å²) >= 11 is 0. The van der Waals surface area contributed by atoms with Crippen LogP contribution in [0.3, 0.4) is 0 Å². The fourth-order valence-corrected chi connectivity index (χ4v) is 3.61. The van der Waals surface area contributed by atoms with E-state index in [9.17, 15) is 4.39 Å². The van der Waals surface area contributed by atoms with Gasteiger partial charge in [-0.25, -0.2) is 4.39 Å². The van der Waals surface area contributed by atoms with Gasteiger partial charge < -0.3 is 5.73 Å². The molecular weight excluding hydrogens is 237 g/mol. The molecule has 1 aromatic carbocycles. The lowest BCUT2D eigenvalue weighted by Crippen LogP contribution is -2.28. The average molecular weight is 263 g/mol. The third-order valence-electron chi connectivity index (χ3n) is 4.72. The third kappa shape index (κ3) is 3.17. The average Bonchev–Trinajstić information content (AvgIpc) is 2.37. The van der Waals surface area contributed by atoms with Crippen LogP contribution < -0.4 is 5.73 Å². The first kappa shape index (κ1) is 14.5. The monoisotopic (exact) mass is 263 g/mol. The SMILES string of the molecule is CCC1CCCC(C(N)c2c(C)cc(C)cc2F)C1. The zero-order chi connectivity index (χ0) is 14.0. The van der Waals surface area contributed by atoms with Crippen molar-refractivity contribution in [1.29, 1.82) is 0 Å². The molecule has 1 nitrogen and oxygen atoms in total. The van der Waals surface area contributed by atoms with Crippen molar-refractivity contribution in [2.24, 2.45) is 17.6 Å². The summed E-state index contributed by atoms with van der Waals surface area (Å²) in [6.07, 6.45) is 6.08. The van der Waals surface area contributed by atoms with E-state index in [1.54, 1.807) is 6.07 Å². The van der Waals surface area contributed by atoms with Crippen molar-refractivity contribution >= 4 is 0 Å². The molecule has 3 atom stereocenters. The Morgan fingerprint density at radius 3 is 2.68 bits per heavy atom. The second kappa shape index (κ2) is 6.04. The Morgan fingerprint density at radius 1 is 1.32 bits per heavy atom. The molecule has 106 valence electrons. The van der Waals surface area contributed by atoms with E-state index in [1.807, 2.05) is 19.9 Å². The standard InChI is InChI=1S/C17H26FN/c1-4-13-6-5-7-14(10-13)17(19)16-12(3)8-11(2)9-15(16)18/h8-9,13-14,17H,4-7,10,19H2,1-3H3. The van der Waals surface area contributed by atoms with Gasteiger partial charge in [0.05, 0.1) is 0 Å². The third-order valence-corrected chi connectivity index (χ3v) is 4.72. The fourth-order valence-electron chi connectivity index (χ4n) is 3.61. The van der Waals surface area contributed by atoms with Crippen LogP contribution in [-0.4, -0.2) is 0 Å². The minimum Gasteiger partial charge on any atom is -0.324 e. The number of nitrogens with two attached hydrogens (primary N) is 1. The van der Waals surface area contributed by atoms with E-state index < -0.39 is 0 Å². The molecule has 0 heterocycles. The normalized spacial score (nSPS) is 25.3. The van der Waals surface area contributed by atoms with Crippen molar-refractivity contribution in [2.75, 3.05) is 0 Å². The quantitative estimate of drug-likeness (QED) is 0.843. The largest absolute Gasteiger partial charge is 0.324 e. The van der Waals surface area contributed by atoms with Crippen molar-refractivity contribution < 1.29 is 4.39 Å². The number of rotatable bonds is 3. The minimum absolute atomic E-state index is 0.122. The van der Waals surface area contributed by atoms with Gasteiger partial charge >= 0.3 is 0 Å². The van der Waals surface area contributed by atoms with Gasteiger partial charge in [-0.3, -0.25) is 0 Å². The fraction of sp³-hybridized carbons (Fsp3) is 0.647. The Labute approximate surface area is 116 Å². The summed E-state index contributed by atoms with van der Waals surface area (Å²) in [5.74, 6) is 1.09. The molecule has 0 saturated heterocycles. The maximum Gasteiger partial charge on any atom is 0.128 e. The van der Waals surface area contributed by atoms with Crippen LogP contribution in [0.15, 0.2) is 12.1 Å². The summed E-state index contributed by atoms with van der Waals surface area (Å²) in [6, 6.07) is 3.51. The molecule has 1 saturated carbocycles. The molecule has 1 aliphatic rings. The number of benzene rings is 1. The molecule has 1 aromatic rings. The highest BCUT2D eigenvalue weighted by atomic mass is 19.1. The molecule has 1 aliphatic carbocycles. The number of aryl methyl sites for hydroxylation is 2. The lowest BCUT2D eigenvalue weighted by atomic mass is 9.75. The van der Waals surface area contributed by atoms with Gasteiger partial charge in [-0.1, -0.05) is 32.3 Å². The molecule has 19 heavy (non-hydrogen) atoms. The van der Waals surface area contributed by atoms with Crippen molar-refractivity contribution in [1.82, 2.24) is 0 Å². The second-order valence-electron chi connectivity index (χ2n) is 6.20. The topological polar surface area (TPSA) is 26.0 Å². The van der Waals surface area contributed by atoms with Crippen LogP contribution in [-0.2, 0) is 0 Å². The van der Waals surface area contributed by atoms with E-state index in [0.29, 0.717) is 5.92 Å². The van der Waals surface area contributed by atoms with Gasteiger partial charge in [0.15, 0.2) is 0 Å². The zero-order valence-electron chi connectivity index (χ0n) is 12.4. The summed E-state index contributed by atoms with van der Waals surface area (Å²) in [5.41, 5.74) is 9.12. The highest BCUT2D eigenvalue weighted by Crippen LogP contribution is 2.38. The molecule has 0 bridgehead atoms. The second-order valence-corrected chi connectivity index (χ2v) is 6.20. The van der Waals surface area contributed by atoms with Crippen molar-refractivity contribution in [3.8, 4) is 0 Å². The Morgan fingerprint density at radius 2 is 2.05 bits per heavy atom. The smallest absolute Gasteiger partial charge is 0.128 e. The van der Waals surface area contributed by atoms with Crippen LogP contribution in [0.5, 0.6) is 0 Å². The lowest BCUT2D eigenvalue weighted by Gasteiger charge is -2.33. The lowest BCUT2D eigenvalue weighted by molar-refractivity contribution is 0.228. The van der Waals surface area contributed by atoms with Crippen LogP contribution in [0.1, 0.15) is 61.8 Å². The molecule has 0 radical (unpaired) electrons. The van der Waals surface area contributed by atoms with E-state index in [1.165, 1.54) is 19.3 Å². The molecule has 0 amide bonds. The van der Waals surface area contributed by atoms with Crippen LogP contribution in [0, 0.1) is 31.5 Å². The van der Waals surface area contributed by atoms with Gasteiger partial charge in [-0.15, -0.1) is 0 Å². The van der Waals surface area contributed by atoms with E-state index in [-0.39, 0.29) is 11.9 Å². The van der Waals surface area contributed by atoms with Crippen LogP contribution in [0.2, 0.25) is 0 Å². The molecule has 3 unspecified atom stereocenters. The number of halogens is 1. The first-order valence-electron chi connectivity index (χ1n) is 7.55. The van der Waals surface area contributed by atoms with E-state index in [4.69, 9.17) is 5.73 Å². The highest BCUT2D eigenvalue weighted by Gasteiger charge is 2.28. The summed E-state index contributed by atoms with van der Waals surface area (Å²) in [6.45, 7) is 6.15. The Balaban J connectivity index is 2.21. The predicted octanol–water partition coefficient (Wildman–Crippen LogP) is 4.66. The first-order valence-corrected chi connectivity index (χ1v) is 7.55. The Bertz CT molecular complexity index is 418. The summed E-state index contributed by atoms with van der Waals surface area (Å²) in [5, 5.41) is 0. The van der Waals surface area contributed by atoms with Gasteiger partial charge in [-0.2, -0.15) is 0 Å². The van der Waals surface area contributed by atoms with Crippen LogP contribution >= 0.6 is 0 Å². The molecule has 0 aromatic heterocycles. The Hall–Kier alpha value is -0.890. The van der Waals surface area contributed by atoms with Crippen LogP contribution in [0.4, 0.5) is 4.39 Å². The maximum atomic E-state index is 14.2. The maximum absolute atomic E-state index is 14.2. The first-order chi connectivity index (χ1) is 9.02. The predicted molar refractivity (Wildman–Crippen MR) is 78.5 cm³/mol. The molecule has 2 N–H and O–H groups in total. The summed E-state index contributed by atoms with van der Waals surface area (Å²) < 4.78 is 14.2. The van der Waals surface area contributed by atoms with Gasteiger partial charge in [0, 0.05) is 11.6 Å². The van der Waals surface area contributed by atoms with E-state index in [0.717, 1.165) is 35.4 Å². The van der Waals surface area contributed by atoms with Crippen LogP contribution in [0.25, 0.3) is 0 Å². The van der Waals surface area contributed by atoms with Crippen molar-refractivity contribution in [3.63, 3.8) is 0 Å². The molecule has 2 rings (SSSR count). The highest BCUT2D eigenvalue weighted by molar-refractivity contribution is 5.34. The summed E-state index contributed by atoms with van der Waals surface area (Å²) in [7, 11) is 0. The van der Waals surface area contributed by atoms with Crippen molar-refractivity contribution in [2.45, 2.75) is 58.9 Å². The van der Waals surface area contributed by atoms with Crippen molar-refractivity contribution in [3.05, 3.63) is 34.6 Å². The van der Waals surface area contributed by atoms with Gasteiger partial charge in [-0.05, 0) is 55.7 Å². The van der Waals surface area contributed by atoms with Gasteiger partial charge in [0.25, 0.3) is 0 Å². The molecule has 0 aliphatic heterocycles. The van der Waals surface area contributed by atoms with Gasteiger partial charge in [0.1, 0.15) is 5.82 Å².